The van der Waals surface area contributed by atoms with Crippen molar-refractivity contribution in [2.45, 2.75) is 13.0 Å². The molecule has 1 aromatic rings. The Morgan fingerprint density at radius 3 is 2.36 bits per heavy atom. The highest BCUT2D eigenvalue weighted by Crippen LogP contribution is 2.11. The van der Waals surface area contributed by atoms with Crippen LogP contribution < -0.4 is 16.8 Å². The van der Waals surface area contributed by atoms with E-state index in [0.29, 0.717) is 0 Å². The lowest BCUT2D eigenvalue weighted by Crippen LogP contribution is -2.23. The van der Waals surface area contributed by atoms with Gasteiger partial charge in [0.15, 0.2) is 5.96 Å². The molecule has 0 aliphatic carbocycles. The van der Waals surface area contributed by atoms with Gasteiger partial charge in [0, 0.05) is 6.54 Å². The molecule has 0 radical (unpaired) electrons. The van der Waals surface area contributed by atoms with E-state index in [2.05, 4.69) is 41.0 Å². The summed E-state index contributed by atoms with van der Waals surface area (Å²) >= 11 is 0. The fourth-order valence-corrected chi connectivity index (χ4v) is 1.42. The Labute approximate surface area is 83.8 Å². The Hall–Kier alpha value is -1.55. The largest absolute Gasteiger partial charge is 0.370 e. The molecule has 1 aliphatic rings. The first kappa shape index (κ1) is 10.5. The van der Waals surface area contributed by atoms with E-state index in [-0.39, 0.29) is 5.96 Å². The first-order valence-corrected chi connectivity index (χ1v) is 4.57. The van der Waals surface area contributed by atoms with Crippen molar-refractivity contribution in [2.75, 3.05) is 6.54 Å². The number of hydrogen-bond acceptors (Lipinski definition) is 2. The molecule has 0 unspecified atom stereocenters. The highest BCUT2D eigenvalue weighted by atomic mass is 14.9. The molecule has 2 rings (SSSR count). The van der Waals surface area contributed by atoms with Gasteiger partial charge in [-0.25, -0.2) is 0 Å². The lowest BCUT2D eigenvalue weighted by Gasteiger charge is -2.15. The van der Waals surface area contributed by atoms with Crippen LogP contribution in [-0.2, 0) is 13.0 Å². The van der Waals surface area contributed by atoms with Crippen LogP contribution in [0.4, 0.5) is 0 Å². The van der Waals surface area contributed by atoms with Gasteiger partial charge in [0.05, 0.1) is 0 Å². The zero-order valence-electron chi connectivity index (χ0n) is 8.09. The van der Waals surface area contributed by atoms with E-state index < -0.39 is 0 Å². The molecule has 4 nitrogen and oxygen atoms in total. The first-order chi connectivity index (χ1) is 6.70. The average molecular weight is 192 g/mol. The number of guanidine groups is 1. The molecule has 0 spiro atoms. The number of hydrogen-bond donors (Lipinski definition) is 4. The SMILES string of the molecule is N=C(N)N.c1ccc2c(c1)CCNC2. The summed E-state index contributed by atoms with van der Waals surface area (Å²) in [4.78, 5) is 0. The van der Waals surface area contributed by atoms with E-state index in [1.54, 1.807) is 0 Å². The maximum Gasteiger partial charge on any atom is 0.183 e. The molecule has 4 heteroatoms. The van der Waals surface area contributed by atoms with Crippen molar-refractivity contribution in [2.24, 2.45) is 11.5 Å². The van der Waals surface area contributed by atoms with Crippen molar-refractivity contribution in [1.82, 2.24) is 5.32 Å². The zero-order valence-corrected chi connectivity index (χ0v) is 8.09. The Morgan fingerprint density at radius 1 is 1.21 bits per heavy atom. The van der Waals surface area contributed by atoms with Crippen LogP contribution in [0, 0.1) is 5.41 Å². The van der Waals surface area contributed by atoms with Crippen molar-refractivity contribution in [3.05, 3.63) is 35.4 Å². The molecule has 1 aliphatic heterocycles. The van der Waals surface area contributed by atoms with Crippen molar-refractivity contribution >= 4 is 5.96 Å². The van der Waals surface area contributed by atoms with Gasteiger partial charge < -0.3 is 16.8 Å². The summed E-state index contributed by atoms with van der Waals surface area (Å²) in [6.45, 7) is 2.19. The van der Waals surface area contributed by atoms with E-state index in [1.807, 2.05) is 0 Å². The third-order valence-corrected chi connectivity index (χ3v) is 2.00. The van der Waals surface area contributed by atoms with Crippen LogP contribution in [0.15, 0.2) is 24.3 Å². The third kappa shape index (κ3) is 3.45. The predicted molar refractivity (Wildman–Crippen MR) is 58.0 cm³/mol. The minimum atomic E-state index is -0.333. The summed E-state index contributed by atoms with van der Waals surface area (Å²) in [6, 6.07) is 8.63. The second-order valence-corrected chi connectivity index (χ2v) is 3.15. The summed E-state index contributed by atoms with van der Waals surface area (Å²) in [5.74, 6) is -0.333. The Balaban J connectivity index is 0.000000213. The quantitative estimate of drug-likeness (QED) is 0.349. The molecule has 0 saturated carbocycles. The smallest absolute Gasteiger partial charge is 0.183 e. The van der Waals surface area contributed by atoms with E-state index in [1.165, 1.54) is 17.5 Å². The van der Waals surface area contributed by atoms with Crippen LogP contribution in [0.25, 0.3) is 0 Å². The summed E-state index contributed by atoms with van der Waals surface area (Å²) in [7, 11) is 0. The van der Waals surface area contributed by atoms with Crippen LogP contribution in [0.2, 0.25) is 0 Å². The van der Waals surface area contributed by atoms with Gasteiger partial charge in [-0.15, -0.1) is 0 Å². The number of nitrogens with two attached hydrogens (primary N) is 2. The topological polar surface area (TPSA) is 87.9 Å². The monoisotopic (exact) mass is 192 g/mol. The highest BCUT2D eigenvalue weighted by Gasteiger charge is 2.05. The number of benzene rings is 1. The van der Waals surface area contributed by atoms with E-state index in [0.717, 1.165) is 13.1 Å². The number of rotatable bonds is 0. The molecule has 14 heavy (non-hydrogen) atoms. The van der Waals surface area contributed by atoms with Crippen molar-refractivity contribution < 1.29 is 0 Å². The summed E-state index contributed by atoms with van der Waals surface area (Å²) in [5, 5.41) is 9.40. The van der Waals surface area contributed by atoms with Gasteiger partial charge in [0.25, 0.3) is 0 Å². The molecule has 1 aromatic carbocycles. The zero-order chi connectivity index (χ0) is 10.4. The molecule has 0 atom stereocenters. The Bertz CT molecular complexity index is 280. The minimum absolute atomic E-state index is 0.333. The van der Waals surface area contributed by atoms with Gasteiger partial charge in [0.2, 0.25) is 0 Å². The number of nitrogens with one attached hydrogen (secondary N) is 2. The maximum atomic E-state index is 6.06. The van der Waals surface area contributed by atoms with Gasteiger partial charge >= 0.3 is 0 Å². The molecule has 0 fully saturated rings. The van der Waals surface area contributed by atoms with Crippen LogP contribution in [0.5, 0.6) is 0 Å². The number of fused-ring (bicyclic) bond motifs is 1. The molecule has 0 saturated heterocycles. The van der Waals surface area contributed by atoms with Crippen LogP contribution in [0.1, 0.15) is 11.1 Å². The van der Waals surface area contributed by atoms with Gasteiger partial charge in [-0.2, -0.15) is 0 Å². The van der Waals surface area contributed by atoms with Gasteiger partial charge in [0.1, 0.15) is 0 Å². The Kier molecular flexibility index (Phi) is 3.94. The molecule has 0 aromatic heterocycles. The standard InChI is InChI=1S/C9H11N.CH5N3/c1-2-4-9-7-10-6-5-8(9)3-1;2-1(3)4/h1-4,10H,5-7H2;(H5,2,3,4). The molecule has 0 bridgehead atoms. The molecule has 76 valence electrons. The summed E-state index contributed by atoms with van der Waals surface area (Å²) < 4.78 is 0. The van der Waals surface area contributed by atoms with Gasteiger partial charge in [-0.1, -0.05) is 24.3 Å². The first-order valence-electron chi connectivity index (χ1n) is 4.57. The molecular weight excluding hydrogens is 176 g/mol. The van der Waals surface area contributed by atoms with Crippen LogP contribution >= 0.6 is 0 Å². The highest BCUT2D eigenvalue weighted by molar-refractivity contribution is 5.71. The lowest BCUT2D eigenvalue weighted by molar-refractivity contribution is 0.644. The second-order valence-electron chi connectivity index (χ2n) is 3.15. The minimum Gasteiger partial charge on any atom is -0.370 e. The fraction of sp³-hybridized carbons (Fsp3) is 0.300. The molecule has 0 amide bonds. The van der Waals surface area contributed by atoms with E-state index >= 15 is 0 Å². The second kappa shape index (κ2) is 5.24. The average Bonchev–Trinajstić information content (AvgIpc) is 2.17. The van der Waals surface area contributed by atoms with Gasteiger partial charge in [-0.3, -0.25) is 5.41 Å². The van der Waals surface area contributed by atoms with E-state index in [9.17, 15) is 0 Å². The molecule has 6 N–H and O–H groups in total. The lowest BCUT2D eigenvalue weighted by atomic mass is 10.0. The predicted octanol–water partition coefficient (Wildman–Crippen LogP) is 0.171. The van der Waals surface area contributed by atoms with Crippen LogP contribution in [0.3, 0.4) is 0 Å². The maximum absolute atomic E-state index is 6.06. The van der Waals surface area contributed by atoms with Crippen molar-refractivity contribution in [1.29, 1.82) is 5.41 Å². The molecule has 1 heterocycles. The molecular formula is C10H16N4. The third-order valence-electron chi connectivity index (χ3n) is 2.00. The Morgan fingerprint density at radius 2 is 1.79 bits per heavy atom. The van der Waals surface area contributed by atoms with Crippen molar-refractivity contribution in [3.63, 3.8) is 0 Å². The fourth-order valence-electron chi connectivity index (χ4n) is 1.42. The normalized spacial score (nSPS) is 13.4. The van der Waals surface area contributed by atoms with Crippen molar-refractivity contribution in [3.8, 4) is 0 Å². The summed E-state index contributed by atoms with van der Waals surface area (Å²) in [5.41, 5.74) is 11.9. The summed E-state index contributed by atoms with van der Waals surface area (Å²) in [6.07, 6.45) is 1.19. The van der Waals surface area contributed by atoms with E-state index in [4.69, 9.17) is 5.41 Å². The van der Waals surface area contributed by atoms with Gasteiger partial charge in [-0.05, 0) is 24.1 Å². The van der Waals surface area contributed by atoms with Crippen LogP contribution in [-0.4, -0.2) is 12.5 Å².